The van der Waals surface area contributed by atoms with Crippen molar-refractivity contribution in [1.82, 2.24) is 10.6 Å². The minimum absolute atomic E-state index is 0.0846. The molecule has 102 valence electrons. The van der Waals surface area contributed by atoms with Crippen molar-refractivity contribution in [2.75, 3.05) is 13.6 Å². The van der Waals surface area contributed by atoms with Gasteiger partial charge >= 0.3 is 0 Å². The van der Waals surface area contributed by atoms with Crippen molar-refractivity contribution in [3.05, 3.63) is 45.8 Å². The van der Waals surface area contributed by atoms with E-state index >= 15 is 0 Å². The van der Waals surface area contributed by atoms with Gasteiger partial charge in [-0.2, -0.15) is 0 Å². The van der Waals surface area contributed by atoms with E-state index in [1.165, 1.54) is 0 Å². The Kier molecular flexibility index (Phi) is 6.43. The first-order valence-corrected chi connectivity index (χ1v) is 6.22. The summed E-state index contributed by atoms with van der Waals surface area (Å²) in [6, 6.07) is 7.43. The molecule has 6 heteroatoms. The Balaban J connectivity index is 2.46. The standard InChI is InChI=1S/C13H19N5O/c1-10(15-2)7-8-16-13(19)12-5-3-11(4-6-12)9-17-18-14/h3-6,10,15H,7-9H2,1-2H3,(H,16,19)/t10-/m0/s1. The van der Waals surface area contributed by atoms with Crippen LogP contribution in [0.5, 0.6) is 0 Å². The quantitative estimate of drug-likeness (QED) is 0.447. The van der Waals surface area contributed by atoms with E-state index in [4.69, 9.17) is 5.53 Å². The van der Waals surface area contributed by atoms with Gasteiger partial charge in [-0.1, -0.05) is 17.2 Å². The third-order valence-corrected chi connectivity index (χ3v) is 2.89. The normalized spacial score (nSPS) is 11.5. The number of azide groups is 1. The number of nitrogens with one attached hydrogen (secondary N) is 2. The van der Waals surface area contributed by atoms with Crippen molar-refractivity contribution in [1.29, 1.82) is 0 Å². The smallest absolute Gasteiger partial charge is 0.251 e. The van der Waals surface area contributed by atoms with E-state index in [9.17, 15) is 4.79 Å². The molecule has 1 amide bonds. The summed E-state index contributed by atoms with van der Waals surface area (Å²) in [5, 5.41) is 9.45. The molecule has 0 aromatic heterocycles. The molecular weight excluding hydrogens is 242 g/mol. The van der Waals surface area contributed by atoms with Crippen LogP contribution >= 0.6 is 0 Å². The van der Waals surface area contributed by atoms with Crippen LogP contribution in [0.1, 0.15) is 29.3 Å². The van der Waals surface area contributed by atoms with E-state index < -0.39 is 0 Å². The predicted octanol–water partition coefficient (Wildman–Crippen LogP) is 2.22. The van der Waals surface area contributed by atoms with Crippen LogP contribution in [0.25, 0.3) is 10.4 Å². The monoisotopic (exact) mass is 261 g/mol. The van der Waals surface area contributed by atoms with Gasteiger partial charge in [-0.05, 0) is 43.6 Å². The first-order chi connectivity index (χ1) is 9.17. The van der Waals surface area contributed by atoms with E-state index in [0.717, 1.165) is 12.0 Å². The van der Waals surface area contributed by atoms with Crippen LogP contribution in [-0.4, -0.2) is 25.5 Å². The number of hydrogen-bond acceptors (Lipinski definition) is 3. The van der Waals surface area contributed by atoms with Crippen molar-refractivity contribution in [3.63, 3.8) is 0 Å². The largest absolute Gasteiger partial charge is 0.352 e. The van der Waals surface area contributed by atoms with Crippen LogP contribution in [0.2, 0.25) is 0 Å². The zero-order chi connectivity index (χ0) is 14.1. The Morgan fingerprint density at radius 1 is 1.42 bits per heavy atom. The van der Waals surface area contributed by atoms with Crippen LogP contribution in [0, 0.1) is 0 Å². The molecule has 1 aromatic rings. The van der Waals surface area contributed by atoms with Gasteiger partial charge < -0.3 is 10.6 Å². The van der Waals surface area contributed by atoms with Gasteiger partial charge in [0.25, 0.3) is 5.91 Å². The summed E-state index contributed by atoms with van der Waals surface area (Å²) in [6.45, 7) is 3.01. The lowest BCUT2D eigenvalue weighted by molar-refractivity contribution is 0.0952. The highest BCUT2D eigenvalue weighted by Crippen LogP contribution is 2.06. The maximum atomic E-state index is 11.8. The Morgan fingerprint density at radius 2 is 2.11 bits per heavy atom. The number of nitrogens with zero attached hydrogens (tertiary/aromatic N) is 3. The molecule has 0 saturated heterocycles. The highest BCUT2D eigenvalue weighted by atomic mass is 16.1. The Labute approximate surface area is 112 Å². The average molecular weight is 261 g/mol. The van der Waals surface area contributed by atoms with E-state index in [1.807, 2.05) is 7.05 Å². The van der Waals surface area contributed by atoms with Crippen LogP contribution in [0.3, 0.4) is 0 Å². The van der Waals surface area contributed by atoms with Crippen LogP contribution < -0.4 is 10.6 Å². The third kappa shape index (κ3) is 5.42. The second kappa shape index (κ2) is 8.13. The molecule has 0 unspecified atom stereocenters. The lowest BCUT2D eigenvalue weighted by atomic mass is 10.1. The molecule has 6 nitrogen and oxygen atoms in total. The van der Waals surface area contributed by atoms with Gasteiger partial charge in [0, 0.05) is 23.1 Å². The fraction of sp³-hybridized carbons (Fsp3) is 0.462. The summed E-state index contributed by atoms with van der Waals surface area (Å²) in [5.41, 5.74) is 9.72. The van der Waals surface area contributed by atoms with Gasteiger partial charge in [-0.15, -0.1) is 0 Å². The van der Waals surface area contributed by atoms with Gasteiger partial charge in [-0.3, -0.25) is 4.79 Å². The molecule has 0 aliphatic rings. The Morgan fingerprint density at radius 3 is 2.68 bits per heavy atom. The number of rotatable bonds is 7. The van der Waals surface area contributed by atoms with Gasteiger partial charge in [0.15, 0.2) is 0 Å². The summed E-state index contributed by atoms with van der Waals surface area (Å²) in [7, 11) is 1.90. The summed E-state index contributed by atoms with van der Waals surface area (Å²) in [4.78, 5) is 14.5. The molecule has 0 heterocycles. The second-order valence-corrected chi connectivity index (χ2v) is 4.32. The maximum Gasteiger partial charge on any atom is 0.251 e. The molecule has 0 aliphatic carbocycles. The average Bonchev–Trinajstić information content (AvgIpc) is 2.45. The minimum atomic E-state index is -0.0846. The number of benzene rings is 1. The first-order valence-electron chi connectivity index (χ1n) is 6.22. The highest BCUT2D eigenvalue weighted by Gasteiger charge is 2.05. The SMILES string of the molecule is CN[C@@H](C)CCNC(=O)c1ccc(CN=[N+]=[N-])cc1. The van der Waals surface area contributed by atoms with Crippen molar-refractivity contribution in [2.45, 2.75) is 25.9 Å². The molecule has 2 N–H and O–H groups in total. The lowest BCUT2D eigenvalue weighted by Crippen LogP contribution is -2.30. The molecular formula is C13H19N5O. The molecule has 0 fully saturated rings. The van der Waals surface area contributed by atoms with Crippen LogP contribution in [-0.2, 0) is 6.54 Å². The van der Waals surface area contributed by atoms with Gasteiger partial charge in [0.2, 0.25) is 0 Å². The molecule has 0 aliphatic heterocycles. The first kappa shape index (κ1) is 15.0. The van der Waals surface area contributed by atoms with Crippen molar-refractivity contribution >= 4 is 5.91 Å². The van der Waals surface area contributed by atoms with Crippen LogP contribution in [0.15, 0.2) is 29.4 Å². The van der Waals surface area contributed by atoms with E-state index in [0.29, 0.717) is 24.7 Å². The molecule has 0 saturated carbocycles. The summed E-state index contributed by atoms with van der Waals surface area (Å²) >= 11 is 0. The van der Waals surface area contributed by atoms with Gasteiger partial charge in [0.05, 0.1) is 6.54 Å². The van der Waals surface area contributed by atoms with Crippen LogP contribution in [0.4, 0.5) is 0 Å². The summed E-state index contributed by atoms with van der Waals surface area (Å²) in [6.07, 6.45) is 0.886. The molecule has 0 spiro atoms. The van der Waals surface area contributed by atoms with E-state index in [2.05, 4.69) is 27.6 Å². The fourth-order valence-electron chi connectivity index (χ4n) is 1.52. The second-order valence-electron chi connectivity index (χ2n) is 4.32. The molecule has 19 heavy (non-hydrogen) atoms. The van der Waals surface area contributed by atoms with Gasteiger partial charge in [0.1, 0.15) is 0 Å². The third-order valence-electron chi connectivity index (χ3n) is 2.89. The number of amides is 1. The molecule has 1 atom stereocenters. The zero-order valence-corrected chi connectivity index (χ0v) is 11.3. The van der Waals surface area contributed by atoms with Crippen molar-refractivity contribution in [2.24, 2.45) is 5.11 Å². The van der Waals surface area contributed by atoms with E-state index in [-0.39, 0.29) is 5.91 Å². The summed E-state index contributed by atoms with van der Waals surface area (Å²) < 4.78 is 0. The lowest BCUT2D eigenvalue weighted by Gasteiger charge is -2.10. The maximum absolute atomic E-state index is 11.8. The zero-order valence-electron chi connectivity index (χ0n) is 11.3. The molecule has 1 aromatic carbocycles. The topological polar surface area (TPSA) is 89.9 Å². The predicted molar refractivity (Wildman–Crippen MR) is 74.8 cm³/mol. The number of hydrogen-bond donors (Lipinski definition) is 2. The fourth-order valence-corrected chi connectivity index (χ4v) is 1.52. The van der Waals surface area contributed by atoms with Gasteiger partial charge in [-0.25, -0.2) is 0 Å². The molecule has 0 bridgehead atoms. The number of carbonyl (C=O) groups is 1. The number of carbonyl (C=O) groups excluding carboxylic acids is 1. The van der Waals surface area contributed by atoms with Crippen molar-refractivity contribution in [3.8, 4) is 0 Å². The molecule has 0 radical (unpaired) electrons. The summed E-state index contributed by atoms with van der Waals surface area (Å²) in [5.74, 6) is -0.0846. The van der Waals surface area contributed by atoms with Crippen molar-refractivity contribution < 1.29 is 4.79 Å². The van der Waals surface area contributed by atoms with E-state index in [1.54, 1.807) is 24.3 Å². The highest BCUT2D eigenvalue weighted by molar-refractivity contribution is 5.94. The molecule has 1 rings (SSSR count). The Hall–Kier alpha value is -2.04. The minimum Gasteiger partial charge on any atom is -0.352 e. The Bertz CT molecular complexity index is 451.